The molecule has 0 radical (unpaired) electrons. The van der Waals surface area contributed by atoms with Gasteiger partial charge in [0.05, 0.1) is 0 Å². The van der Waals surface area contributed by atoms with Gasteiger partial charge in [-0.3, -0.25) is 4.79 Å². The Hall–Kier alpha value is -0.330. The first kappa shape index (κ1) is 7.33. The van der Waals surface area contributed by atoms with Gasteiger partial charge in [-0.25, -0.2) is 0 Å². The Kier molecular flexibility index (Phi) is 1.55. The van der Waals surface area contributed by atoms with Crippen LogP contribution in [0.5, 0.6) is 0 Å². The molecule has 62 valence electrons. The van der Waals surface area contributed by atoms with Crippen molar-refractivity contribution in [2.45, 2.75) is 45.4 Å². The van der Waals surface area contributed by atoms with Gasteiger partial charge in [-0.05, 0) is 25.2 Å². The van der Waals surface area contributed by atoms with Crippen LogP contribution in [0.4, 0.5) is 0 Å². The fraction of sp³-hybridized carbons (Fsp3) is 0.900. The van der Waals surface area contributed by atoms with E-state index in [1.54, 1.807) is 0 Å². The third kappa shape index (κ3) is 1.02. The van der Waals surface area contributed by atoms with Crippen molar-refractivity contribution in [1.82, 2.24) is 0 Å². The molecule has 2 aliphatic rings. The van der Waals surface area contributed by atoms with Gasteiger partial charge in [0.2, 0.25) is 0 Å². The van der Waals surface area contributed by atoms with Crippen LogP contribution in [0, 0.1) is 11.3 Å². The van der Waals surface area contributed by atoms with Crippen LogP contribution in [0.2, 0.25) is 0 Å². The van der Waals surface area contributed by atoms with Gasteiger partial charge in [0.1, 0.15) is 5.78 Å². The lowest BCUT2D eigenvalue weighted by atomic mass is 9.93. The fourth-order valence-electron chi connectivity index (χ4n) is 2.52. The quantitative estimate of drug-likeness (QED) is 0.521. The van der Waals surface area contributed by atoms with E-state index in [9.17, 15) is 4.79 Å². The molecule has 0 aliphatic heterocycles. The summed E-state index contributed by atoms with van der Waals surface area (Å²) in [5.41, 5.74) is 0.191. The highest BCUT2D eigenvalue weighted by Crippen LogP contribution is 2.58. The highest BCUT2D eigenvalue weighted by molar-refractivity contribution is 5.88. The van der Waals surface area contributed by atoms with E-state index >= 15 is 0 Å². The molecule has 2 unspecified atom stereocenters. The Bertz CT molecular complexity index is 185. The summed E-state index contributed by atoms with van der Waals surface area (Å²) in [7, 11) is 0. The summed E-state index contributed by atoms with van der Waals surface area (Å²) in [6, 6.07) is 0. The van der Waals surface area contributed by atoms with Gasteiger partial charge in [-0.1, -0.05) is 19.8 Å². The standard InChI is InChI=1S/C10H16O/c1-8-7-10(8)6-4-2-3-5-9(10)11/h8H,2-7H2,1H3. The zero-order valence-corrected chi connectivity index (χ0v) is 7.23. The van der Waals surface area contributed by atoms with Gasteiger partial charge in [0.25, 0.3) is 0 Å². The number of hydrogen-bond acceptors (Lipinski definition) is 1. The highest BCUT2D eigenvalue weighted by atomic mass is 16.1. The lowest BCUT2D eigenvalue weighted by Crippen LogP contribution is -2.15. The highest BCUT2D eigenvalue weighted by Gasteiger charge is 2.55. The van der Waals surface area contributed by atoms with Crippen LogP contribution in [0.25, 0.3) is 0 Å². The van der Waals surface area contributed by atoms with Crippen LogP contribution < -0.4 is 0 Å². The summed E-state index contributed by atoms with van der Waals surface area (Å²) in [5, 5.41) is 0. The van der Waals surface area contributed by atoms with Crippen molar-refractivity contribution in [2.75, 3.05) is 0 Å². The summed E-state index contributed by atoms with van der Waals surface area (Å²) in [6.07, 6.45) is 6.95. The smallest absolute Gasteiger partial charge is 0.139 e. The second-order valence-corrected chi connectivity index (χ2v) is 4.25. The van der Waals surface area contributed by atoms with Gasteiger partial charge in [-0.15, -0.1) is 0 Å². The minimum absolute atomic E-state index is 0.191. The first-order valence-electron chi connectivity index (χ1n) is 4.79. The van der Waals surface area contributed by atoms with E-state index in [-0.39, 0.29) is 5.41 Å². The van der Waals surface area contributed by atoms with Crippen LogP contribution in [0.3, 0.4) is 0 Å². The summed E-state index contributed by atoms with van der Waals surface area (Å²) in [4.78, 5) is 11.6. The maximum Gasteiger partial charge on any atom is 0.139 e. The largest absolute Gasteiger partial charge is 0.299 e. The number of rotatable bonds is 0. The fourth-order valence-corrected chi connectivity index (χ4v) is 2.52. The summed E-state index contributed by atoms with van der Waals surface area (Å²) < 4.78 is 0. The number of hydrogen-bond donors (Lipinski definition) is 0. The first-order valence-corrected chi connectivity index (χ1v) is 4.79. The van der Waals surface area contributed by atoms with Gasteiger partial charge >= 0.3 is 0 Å². The molecule has 0 aromatic rings. The van der Waals surface area contributed by atoms with E-state index in [0.29, 0.717) is 11.7 Å². The molecule has 2 atom stereocenters. The molecule has 0 aromatic carbocycles. The number of ketones is 1. The van der Waals surface area contributed by atoms with Gasteiger partial charge in [0.15, 0.2) is 0 Å². The molecule has 0 N–H and O–H groups in total. The molecule has 0 aromatic heterocycles. The van der Waals surface area contributed by atoms with Crippen molar-refractivity contribution < 1.29 is 4.79 Å². The topological polar surface area (TPSA) is 17.1 Å². The molecule has 2 saturated carbocycles. The van der Waals surface area contributed by atoms with Crippen molar-refractivity contribution >= 4 is 5.78 Å². The molecular weight excluding hydrogens is 136 g/mol. The first-order chi connectivity index (χ1) is 5.26. The second kappa shape index (κ2) is 2.33. The zero-order valence-electron chi connectivity index (χ0n) is 7.23. The van der Waals surface area contributed by atoms with Gasteiger partial charge in [0, 0.05) is 11.8 Å². The molecule has 1 spiro atoms. The predicted octanol–water partition coefficient (Wildman–Crippen LogP) is 2.55. The third-order valence-electron chi connectivity index (χ3n) is 3.54. The molecule has 1 heteroatoms. The number of Topliss-reactive ketones (excluding diaryl/α,β-unsaturated/α-hetero) is 1. The predicted molar refractivity (Wildman–Crippen MR) is 44.3 cm³/mol. The van der Waals surface area contributed by atoms with Crippen LogP contribution in [-0.4, -0.2) is 5.78 Å². The third-order valence-corrected chi connectivity index (χ3v) is 3.54. The van der Waals surface area contributed by atoms with Crippen LogP contribution in [0.1, 0.15) is 45.4 Å². The Morgan fingerprint density at radius 2 is 2.09 bits per heavy atom. The van der Waals surface area contributed by atoms with E-state index in [0.717, 1.165) is 12.8 Å². The monoisotopic (exact) mass is 152 g/mol. The number of carbonyl (C=O) groups is 1. The van der Waals surface area contributed by atoms with Crippen LogP contribution in [0.15, 0.2) is 0 Å². The Labute approximate surface area is 68.2 Å². The summed E-state index contributed by atoms with van der Waals surface area (Å²) in [5.74, 6) is 1.27. The van der Waals surface area contributed by atoms with Gasteiger partial charge in [-0.2, -0.15) is 0 Å². The van der Waals surface area contributed by atoms with Crippen molar-refractivity contribution in [3.05, 3.63) is 0 Å². The molecular formula is C10H16O. The molecule has 0 heterocycles. The van der Waals surface area contributed by atoms with Crippen molar-refractivity contribution in [3.63, 3.8) is 0 Å². The number of carbonyl (C=O) groups excluding carboxylic acids is 1. The molecule has 1 nitrogen and oxygen atoms in total. The van der Waals surface area contributed by atoms with Crippen LogP contribution in [-0.2, 0) is 4.79 Å². The molecule has 0 bridgehead atoms. The van der Waals surface area contributed by atoms with Crippen molar-refractivity contribution in [2.24, 2.45) is 11.3 Å². The van der Waals surface area contributed by atoms with Crippen molar-refractivity contribution in [3.8, 4) is 0 Å². The van der Waals surface area contributed by atoms with Crippen LogP contribution >= 0.6 is 0 Å². The summed E-state index contributed by atoms with van der Waals surface area (Å²) >= 11 is 0. The van der Waals surface area contributed by atoms with E-state index in [1.165, 1.54) is 25.7 Å². The Morgan fingerprint density at radius 1 is 1.36 bits per heavy atom. The summed E-state index contributed by atoms with van der Waals surface area (Å²) in [6.45, 7) is 2.23. The maximum absolute atomic E-state index is 11.6. The zero-order chi connectivity index (χ0) is 7.90. The van der Waals surface area contributed by atoms with E-state index in [1.807, 2.05) is 0 Å². The van der Waals surface area contributed by atoms with E-state index < -0.39 is 0 Å². The van der Waals surface area contributed by atoms with Crippen molar-refractivity contribution in [1.29, 1.82) is 0 Å². The minimum atomic E-state index is 0.191. The average molecular weight is 152 g/mol. The Balaban J connectivity index is 2.12. The molecule has 2 rings (SSSR count). The minimum Gasteiger partial charge on any atom is -0.299 e. The molecule has 2 aliphatic carbocycles. The SMILES string of the molecule is CC1CC12CCCCCC2=O. The molecule has 0 amide bonds. The maximum atomic E-state index is 11.6. The Morgan fingerprint density at radius 3 is 2.73 bits per heavy atom. The van der Waals surface area contributed by atoms with E-state index in [4.69, 9.17) is 0 Å². The average Bonchev–Trinajstić information content (AvgIpc) is 2.65. The molecule has 0 saturated heterocycles. The lowest BCUT2D eigenvalue weighted by molar-refractivity contribution is -0.124. The lowest BCUT2D eigenvalue weighted by Gasteiger charge is -2.09. The van der Waals surface area contributed by atoms with E-state index in [2.05, 4.69) is 6.92 Å². The molecule has 2 fully saturated rings. The normalized spacial score (nSPS) is 44.1. The second-order valence-electron chi connectivity index (χ2n) is 4.25. The molecule has 11 heavy (non-hydrogen) atoms. The van der Waals surface area contributed by atoms with Gasteiger partial charge < -0.3 is 0 Å².